The third-order valence-electron chi connectivity index (χ3n) is 7.10. The van der Waals surface area contributed by atoms with Crippen LogP contribution in [-0.2, 0) is 27.4 Å². The number of aryl methyl sites for hydroxylation is 1. The van der Waals surface area contributed by atoms with Crippen molar-refractivity contribution in [1.29, 1.82) is 0 Å². The second kappa shape index (κ2) is 9.17. The number of hydrogen-bond acceptors (Lipinski definition) is 4. The van der Waals surface area contributed by atoms with Gasteiger partial charge < -0.3 is 18.8 Å². The second-order valence-electron chi connectivity index (χ2n) is 9.69. The van der Waals surface area contributed by atoms with Crippen molar-refractivity contribution in [2.24, 2.45) is 0 Å². The quantitative estimate of drug-likeness (QED) is 0.194. The zero-order valence-electron chi connectivity index (χ0n) is 20.3. The standard InChI is InChI=1S/C28H27IN4O3/c1-30(2)15-18-11-12-31-16-21(19-7-3-5-9-23(19)31)25-26(28(35)33(29)27(25)34)22-17-32(13-14-36-18)24-10-6-4-8-20(22)24/h3-10,16-18H,11-15H2,1-2H3. The highest BCUT2D eigenvalue weighted by molar-refractivity contribution is 14.1. The van der Waals surface area contributed by atoms with E-state index in [0.29, 0.717) is 24.3 Å². The lowest BCUT2D eigenvalue weighted by Crippen LogP contribution is -2.30. The van der Waals surface area contributed by atoms with Crippen molar-refractivity contribution in [1.82, 2.24) is 17.1 Å². The first-order valence-corrected chi connectivity index (χ1v) is 13.1. The van der Waals surface area contributed by atoms with Crippen molar-refractivity contribution in [2.45, 2.75) is 25.6 Å². The molecule has 2 amide bonds. The van der Waals surface area contributed by atoms with Gasteiger partial charge in [-0.3, -0.25) is 9.59 Å². The molecular formula is C28H27IN4O3. The van der Waals surface area contributed by atoms with E-state index in [9.17, 15) is 9.59 Å². The number of carbonyl (C=O) groups is 2. The van der Waals surface area contributed by atoms with E-state index in [-0.39, 0.29) is 17.9 Å². The minimum atomic E-state index is -0.273. The largest absolute Gasteiger partial charge is 0.375 e. The first-order chi connectivity index (χ1) is 17.4. The van der Waals surface area contributed by atoms with Gasteiger partial charge in [0.1, 0.15) is 0 Å². The predicted octanol–water partition coefficient (Wildman–Crippen LogP) is 4.58. The van der Waals surface area contributed by atoms with E-state index < -0.39 is 0 Å². The molecule has 0 spiro atoms. The van der Waals surface area contributed by atoms with Gasteiger partial charge in [-0.25, -0.2) is 3.11 Å². The summed E-state index contributed by atoms with van der Waals surface area (Å²) in [5.74, 6) is -0.541. The molecule has 8 heteroatoms. The Kier molecular flexibility index (Phi) is 5.97. The van der Waals surface area contributed by atoms with Gasteiger partial charge in [0, 0.05) is 65.0 Å². The molecule has 0 N–H and O–H groups in total. The van der Waals surface area contributed by atoms with Crippen molar-refractivity contribution in [3.63, 3.8) is 0 Å². The monoisotopic (exact) mass is 594 g/mol. The van der Waals surface area contributed by atoms with Crippen LogP contribution in [0.25, 0.3) is 33.0 Å². The summed E-state index contributed by atoms with van der Waals surface area (Å²) in [4.78, 5) is 29.3. The number of imide groups is 1. The van der Waals surface area contributed by atoms with Crippen molar-refractivity contribution >= 4 is 67.6 Å². The summed E-state index contributed by atoms with van der Waals surface area (Å²) in [5.41, 5.74) is 4.61. The van der Waals surface area contributed by atoms with Crippen molar-refractivity contribution in [2.75, 3.05) is 27.2 Å². The number of fused-ring (bicyclic) bond motifs is 12. The summed E-state index contributed by atoms with van der Waals surface area (Å²) >= 11 is 1.84. The lowest BCUT2D eigenvalue weighted by atomic mass is 9.95. The van der Waals surface area contributed by atoms with Crippen molar-refractivity contribution in [3.8, 4) is 0 Å². The van der Waals surface area contributed by atoms with Gasteiger partial charge in [-0.15, -0.1) is 0 Å². The molecule has 184 valence electrons. The van der Waals surface area contributed by atoms with Gasteiger partial charge in [0.15, 0.2) is 0 Å². The first-order valence-electron chi connectivity index (χ1n) is 12.2. The van der Waals surface area contributed by atoms with E-state index in [0.717, 1.165) is 52.4 Å². The molecule has 2 aromatic heterocycles. The summed E-state index contributed by atoms with van der Waals surface area (Å²) in [5, 5.41) is 1.93. The molecule has 4 bridgehead atoms. The highest BCUT2D eigenvalue weighted by atomic mass is 127. The fourth-order valence-electron chi connectivity index (χ4n) is 5.50. The second-order valence-corrected chi connectivity index (χ2v) is 10.7. The molecule has 2 aliphatic heterocycles. The number of nitrogens with zero attached hydrogens (tertiary/aromatic N) is 4. The van der Waals surface area contributed by atoms with E-state index in [2.05, 4.69) is 40.3 Å². The highest BCUT2D eigenvalue weighted by Gasteiger charge is 2.40. The minimum absolute atomic E-state index is 0.0724. The molecule has 2 aliphatic rings. The number of hydrogen-bond donors (Lipinski definition) is 0. The molecule has 7 nitrogen and oxygen atoms in total. The van der Waals surface area contributed by atoms with Crippen LogP contribution in [0.1, 0.15) is 17.5 Å². The summed E-state index contributed by atoms with van der Waals surface area (Å²) in [6.45, 7) is 2.81. The van der Waals surface area contributed by atoms with E-state index in [1.807, 2.05) is 71.7 Å². The van der Waals surface area contributed by atoms with E-state index in [4.69, 9.17) is 4.74 Å². The Balaban J connectivity index is 1.64. The molecule has 1 atom stereocenters. The van der Waals surface area contributed by atoms with Gasteiger partial charge in [0.05, 0.1) is 46.7 Å². The minimum Gasteiger partial charge on any atom is -0.375 e. The number of rotatable bonds is 2. The SMILES string of the molecule is CN(C)CC1CCn2cc(c3ccccc32)C2=C(C(=O)N(I)C2=O)c2cn(c3ccccc23)CCO1. The predicted molar refractivity (Wildman–Crippen MR) is 149 cm³/mol. The third-order valence-corrected chi connectivity index (χ3v) is 7.97. The number of amides is 2. The number of halogens is 1. The van der Waals surface area contributed by atoms with Gasteiger partial charge in [0.2, 0.25) is 0 Å². The molecule has 4 aromatic rings. The summed E-state index contributed by atoms with van der Waals surface area (Å²) in [6, 6.07) is 16.2. The molecule has 1 unspecified atom stereocenters. The smallest absolute Gasteiger partial charge is 0.271 e. The van der Waals surface area contributed by atoms with Crippen LogP contribution in [0.15, 0.2) is 60.9 Å². The Morgan fingerprint density at radius 3 is 1.94 bits per heavy atom. The average molecular weight is 594 g/mol. The Labute approximate surface area is 223 Å². The topological polar surface area (TPSA) is 59.7 Å². The Morgan fingerprint density at radius 1 is 0.861 bits per heavy atom. The normalized spacial score (nSPS) is 19.0. The van der Waals surface area contributed by atoms with Crippen molar-refractivity contribution in [3.05, 3.63) is 72.1 Å². The van der Waals surface area contributed by atoms with Crippen molar-refractivity contribution < 1.29 is 14.3 Å². The molecule has 0 saturated heterocycles. The summed E-state index contributed by atoms with van der Waals surface area (Å²) in [6.07, 6.45) is 4.96. The molecule has 36 heavy (non-hydrogen) atoms. The first kappa shape index (κ1) is 23.4. The van der Waals surface area contributed by atoms with Crippen LogP contribution in [0.2, 0.25) is 0 Å². The maximum Gasteiger partial charge on any atom is 0.271 e. The van der Waals surface area contributed by atoms with E-state index >= 15 is 0 Å². The van der Waals surface area contributed by atoms with Crippen LogP contribution in [0.3, 0.4) is 0 Å². The zero-order chi connectivity index (χ0) is 25.0. The van der Waals surface area contributed by atoms with Crippen LogP contribution >= 0.6 is 22.9 Å². The summed E-state index contributed by atoms with van der Waals surface area (Å²) in [7, 11) is 4.13. The van der Waals surface area contributed by atoms with Crippen LogP contribution in [-0.4, -0.2) is 62.3 Å². The fraction of sp³-hybridized carbons (Fsp3) is 0.286. The number of para-hydroxylation sites is 2. The van der Waals surface area contributed by atoms with Gasteiger partial charge in [-0.2, -0.15) is 0 Å². The number of likely N-dealkylation sites (N-methyl/N-ethyl adjacent to an activating group) is 1. The molecule has 0 saturated carbocycles. The third kappa shape index (κ3) is 3.79. The number of carbonyl (C=O) groups excluding carboxylic acids is 2. The zero-order valence-corrected chi connectivity index (χ0v) is 22.4. The number of aromatic nitrogens is 2. The molecule has 0 aliphatic carbocycles. The molecule has 0 fully saturated rings. The maximum absolute atomic E-state index is 13.6. The molecular weight excluding hydrogens is 567 g/mol. The molecule has 0 radical (unpaired) electrons. The van der Waals surface area contributed by atoms with Crippen LogP contribution in [0.5, 0.6) is 0 Å². The highest BCUT2D eigenvalue weighted by Crippen LogP contribution is 2.42. The number of benzene rings is 2. The Morgan fingerprint density at radius 2 is 1.39 bits per heavy atom. The van der Waals surface area contributed by atoms with Gasteiger partial charge >= 0.3 is 0 Å². The van der Waals surface area contributed by atoms with Crippen LogP contribution in [0, 0.1) is 0 Å². The fourth-order valence-corrected chi connectivity index (χ4v) is 5.98. The average Bonchev–Trinajstić information content (AvgIpc) is 3.48. The molecule has 2 aromatic carbocycles. The number of ether oxygens (including phenoxy) is 1. The Hall–Kier alpha value is -2.95. The van der Waals surface area contributed by atoms with Gasteiger partial charge in [-0.1, -0.05) is 36.4 Å². The van der Waals surface area contributed by atoms with Gasteiger partial charge in [0.25, 0.3) is 11.8 Å². The molecule has 6 rings (SSSR count). The lowest BCUT2D eigenvalue weighted by molar-refractivity contribution is -0.128. The molecule has 4 heterocycles. The van der Waals surface area contributed by atoms with E-state index in [1.165, 1.54) is 3.11 Å². The van der Waals surface area contributed by atoms with E-state index in [1.54, 1.807) is 0 Å². The van der Waals surface area contributed by atoms with Crippen LogP contribution < -0.4 is 0 Å². The maximum atomic E-state index is 13.6. The van der Waals surface area contributed by atoms with Crippen LogP contribution in [0.4, 0.5) is 0 Å². The van der Waals surface area contributed by atoms with Gasteiger partial charge in [-0.05, 0) is 32.6 Å². The summed E-state index contributed by atoms with van der Waals surface area (Å²) < 4.78 is 12.0. The Bertz CT molecular complexity index is 1550. The lowest BCUT2D eigenvalue weighted by Gasteiger charge is -2.22.